The molecule has 1 atom stereocenters. The number of carbonyl (C=O) groups excluding carboxylic acids is 1. The second-order valence-electron chi connectivity index (χ2n) is 3.16. The van der Waals surface area contributed by atoms with E-state index in [4.69, 9.17) is 0 Å². The molecule has 16 heavy (non-hydrogen) atoms. The number of aliphatic hydroxyl groups excluding tert-OH is 1. The fourth-order valence-electron chi connectivity index (χ4n) is 0.806. The van der Waals surface area contributed by atoms with Crippen LogP contribution in [0.1, 0.15) is 13.8 Å². The van der Waals surface area contributed by atoms with Gasteiger partial charge in [0.15, 0.2) is 0 Å². The number of esters is 1. The molecule has 0 heterocycles. The van der Waals surface area contributed by atoms with Crippen molar-refractivity contribution in [1.82, 2.24) is 0 Å². The standard InChI is InChI=1S/C9H16O6S/c1-4-15-16(12,13)6-8(10)5-14-9(11)7(2)3/h8,10H,2,4-6H2,1,3H3. The monoisotopic (exact) mass is 252 g/mol. The van der Waals surface area contributed by atoms with Crippen LogP contribution < -0.4 is 0 Å². The van der Waals surface area contributed by atoms with Crippen LogP contribution in [0.3, 0.4) is 0 Å². The number of hydrogen-bond acceptors (Lipinski definition) is 6. The van der Waals surface area contributed by atoms with Gasteiger partial charge in [0.1, 0.15) is 18.5 Å². The molecule has 0 saturated heterocycles. The molecule has 0 aliphatic rings. The summed E-state index contributed by atoms with van der Waals surface area (Å²) in [6.45, 7) is 5.90. The molecule has 1 unspecified atom stereocenters. The molecular weight excluding hydrogens is 236 g/mol. The Kier molecular flexibility index (Phi) is 6.24. The highest BCUT2D eigenvalue weighted by Crippen LogP contribution is 2.00. The van der Waals surface area contributed by atoms with E-state index in [1.807, 2.05) is 0 Å². The lowest BCUT2D eigenvalue weighted by Gasteiger charge is -2.11. The van der Waals surface area contributed by atoms with Crippen molar-refractivity contribution in [1.29, 1.82) is 0 Å². The summed E-state index contributed by atoms with van der Waals surface area (Å²) in [5, 5.41) is 9.28. The Labute approximate surface area is 95.0 Å². The Balaban J connectivity index is 4.05. The fourth-order valence-corrected chi connectivity index (χ4v) is 1.83. The van der Waals surface area contributed by atoms with Crippen LogP contribution >= 0.6 is 0 Å². The number of hydrogen-bond donors (Lipinski definition) is 1. The van der Waals surface area contributed by atoms with E-state index in [9.17, 15) is 18.3 Å². The zero-order valence-corrected chi connectivity index (χ0v) is 10.1. The van der Waals surface area contributed by atoms with Gasteiger partial charge in [0, 0.05) is 5.57 Å². The molecule has 0 aliphatic carbocycles. The summed E-state index contributed by atoms with van der Waals surface area (Å²) in [5.41, 5.74) is 0.180. The van der Waals surface area contributed by atoms with Gasteiger partial charge in [0.05, 0.1) is 6.61 Å². The minimum Gasteiger partial charge on any atom is -0.460 e. The predicted octanol–water partition coefficient (Wildman–Crippen LogP) is -0.167. The molecule has 0 rings (SSSR count). The molecule has 0 aromatic rings. The Morgan fingerprint density at radius 2 is 2.06 bits per heavy atom. The van der Waals surface area contributed by atoms with E-state index in [2.05, 4.69) is 15.5 Å². The first kappa shape index (κ1) is 15.1. The second-order valence-corrected chi connectivity index (χ2v) is 4.85. The molecule has 0 spiro atoms. The van der Waals surface area contributed by atoms with Gasteiger partial charge in [-0.1, -0.05) is 6.58 Å². The zero-order chi connectivity index (χ0) is 12.8. The van der Waals surface area contributed by atoms with Gasteiger partial charge in [0.2, 0.25) is 0 Å². The summed E-state index contributed by atoms with van der Waals surface area (Å²) in [6, 6.07) is 0. The lowest BCUT2D eigenvalue weighted by Crippen LogP contribution is -2.28. The SMILES string of the molecule is C=C(C)C(=O)OCC(O)CS(=O)(=O)OCC. The van der Waals surface area contributed by atoms with Crippen molar-refractivity contribution in [3.8, 4) is 0 Å². The number of ether oxygens (including phenoxy) is 1. The summed E-state index contributed by atoms with van der Waals surface area (Å²) in [5.74, 6) is -1.28. The van der Waals surface area contributed by atoms with Crippen LogP contribution in [0.25, 0.3) is 0 Å². The highest BCUT2D eigenvalue weighted by molar-refractivity contribution is 7.86. The van der Waals surface area contributed by atoms with E-state index in [0.717, 1.165) is 0 Å². The molecule has 0 bridgehead atoms. The molecule has 6 nitrogen and oxygen atoms in total. The lowest BCUT2D eigenvalue weighted by molar-refractivity contribution is -0.141. The van der Waals surface area contributed by atoms with Gasteiger partial charge in [-0.2, -0.15) is 8.42 Å². The largest absolute Gasteiger partial charge is 0.460 e. The molecule has 0 aliphatic heterocycles. The van der Waals surface area contributed by atoms with Crippen molar-refractivity contribution in [2.75, 3.05) is 19.0 Å². The Bertz CT molecular complexity index is 345. The van der Waals surface area contributed by atoms with Crippen molar-refractivity contribution in [3.63, 3.8) is 0 Å². The minimum atomic E-state index is -3.76. The summed E-state index contributed by atoms with van der Waals surface area (Å²) < 4.78 is 31.1. The molecule has 0 aromatic carbocycles. The first-order valence-electron chi connectivity index (χ1n) is 4.66. The van der Waals surface area contributed by atoms with Crippen LogP contribution in [0.4, 0.5) is 0 Å². The second kappa shape index (κ2) is 6.62. The minimum absolute atomic E-state index is 0.000602. The number of carbonyl (C=O) groups is 1. The van der Waals surface area contributed by atoms with E-state index < -0.39 is 34.6 Å². The van der Waals surface area contributed by atoms with Gasteiger partial charge in [0.25, 0.3) is 10.1 Å². The van der Waals surface area contributed by atoms with Crippen LogP contribution in [-0.2, 0) is 23.8 Å². The maximum atomic E-state index is 11.1. The molecule has 0 aromatic heterocycles. The molecule has 0 radical (unpaired) electrons. The van der Waals surface area contributed by atoms with E-state index in [0.29, 0.717) is 0 Å². The van der Waals surface area contributed by atoms with E-state index in [1.165, 1.54) is 13.8 Å². The average Bonchev–Trinajstić information content (AvgIpc) is 2.12. The van der Waals surface area contributed by atoms with Gasteiger partial charge in [-0.05, 0) is 13.8 Å². The molecular formula is C9H16O6S. The first-order chi connectivity index (χ1) is 7.28. The highest BCUT2D eigenvalue weighted by atomic mass is 32.2. The molecule has 1 N–H and O–H groups in total. The summed E-state index contributed by atoms with van der Waals surface area (Å²) in [4.78, 5) is 10.9. The maximum absolute atomic E-state index is 11.1. The third-order valence-corrected chi connectivity index (χ3v) is 2.84. The normalized spacial score (nSPS) is 13.2. The van der Waals surface area contributed by atoms with Crippen molar-refractivity contribution >= 4 is 16.1 Å². The maximum Gasteiger partial charge on any atom is 0.333 e. The van der Waals surface area contributed by atoms with Crippen molar-refractivity contribution < 1.29 is 27.2 Å². The average molecular weight is 252 g/mol. The van der Waals surface area contributed by atoms with Crippen LogP contribution in [0.2, 0.25) is 0 Å². The quantitative estimate of drug-likeness (QED) is 0.384. The number of aliphatic hydroxyl groups is 1. The molecule has 0 saturated carbocycles. The lowest BCUT2D eigenvalue weighted by atomic mass is 10.3. The summed E-state index contributed by atoms with van der Waals surface area (Å²) in [6.07, 6.45) is -1.31. The van der Waals surface area contributed by atoms with Crippen LogP contribution in [0.15, 0.2) is 12.2 Å². The molecule has 0 fully saturated rings. The van der Waals surface area contributed by atoms with Crippen molar-refractivity contribution in [3.05, 3.63) is 12.2 Å². The Hall–Kier alpha value is -0.920. The molecule has 94 valence electrons. The van der Waals surface area contributed by atoms with E-state index in [-0.39, 0.29) is 12.2 Å². The third-order valence-electron chi connectivity index (χ3n) is 1.45. The van der Waals surface area contributed by atoms with E-state index in [1.54, 1.807) is 0 Å². The fraction of sp³-hybridized carbons (Fsp3) is 0.667. The summed E-state index contributed by atoms with van der Waals surface area (Å²) in [7, 11) is -3.76. The van der Waals surface area contributed by atoms with Crippen molar-refractivity contribution in [2.24, 2.45) is 0 Å². The highest BCUT2D eigenvalue weighted by Gasteiger charge is 2.19. The van der Waals surface area contributed by atoms with Crippen LogP contribution in [-0.4, -0.2) is 44.6 Å². The predicted molar refractivity (Wildman–Crippen MR) is 57.2 cm³/mol. The van der Waals surface area contributed by atoms with Crippen LogP contribution in [0, 0.1) is 0 Å². The summed E-state index contributed by atoms with van der Waals surface area (Å²) >= 11 is 0. The Morgan fingerprint density at radius 3 is 2.50 bits per heavy atom. The first-order valence-corrected chi connectivity index (χ1v) is 6.24. The van der Waals surface area contributed by atoms with E-state index >= 15 is 0 Å². The van der Waals surface area contributed by atoms with Gasteiger partial charge in [-0.3, -0.25) is 4.18 Å². The third kappa shape index (κ3) is 6.54. The molecule has 7 heteroatoms. The molecule has 0 amide bonds. The number of rotatable bonds is 7. The van der Waals surface area contributed by atoms with Crippen molar-refractivity contribution in [2.45, 2.75) is 20.0 Å². The Morgan fingerprint density at radius 1 is 1.50 bits per heavy atom. The topological polar surface area (TPSA) is 89.9 Å². The smallest absolute Gasteiger partial charge is 0.333 e. The zero-order valence-electron chi connectivity index (χ0n) is 9.30. The van der Waals surface area contributed by atoms with Gasteiger partial charge in [-0.25, -0.2) is 4.79 Å². The van der Waals surface area contributed by atoms with Gasteiger partial charge in [-0.15, -0.1) is 0 Å². The van der Waals surface area contributed by atoms with Gasteiger partial charge >= 0.3 is 5.97 Å². The van der Waals surface area contributed by atoms with Crippen LogP contribution in [0.5, 0.6) is 0 Å². The van der Waals surface area contributed by atoms with Gasteiger partial charge < -0.3 is 9.84 Å².